The van der Waals surface area contributed by atoms with Gasteiger partial charge in [-0.15, -0.1) is 0 Å². The topological polar surface area (TPSA) is 66.4 Å². The number of sulfonamides is 1. The molecule has 21 heavy (non-hydrogen) atoms. The molecular weight excluding hydrogens is 288 g/mol. The van der Waals surface area contributed by atoms with Gasteiger partial charge in [0.25, 0.3) is 0 Å². The van der Waals surface area contributed by atoms with Crippen molar-refractivity contribution in [3.8, 4) is 0 Å². The van der Waals surface area contributed by atoms with Crippen molar-refractivity contribution in [2.75, 3.05) is 20.1 Å². The Morgan fingerprint density at radius 3 is 2.62 bits per heavy atom. The lowest BCUT2D eigenvalue weighted by Crippen LogP contribution is -2.36. The predicted octanol–water partition coefficient (Wildman–Crippen LogP) is 0.260. The second kappa shape index (κ2) is 5.72. The van der Waals surface area contributed by atoms with E-state index in [9.17, 15) is 8.42 Å². The van der Waals surface area contributed by atoms with Crippen molar-refractivity contribution >= 4 is 10.0 Å². The van der Waals surface area contributed by atoms with Crippen LogP contribution in [0.1, 0.15) is 25.0 Å². The fraction of sp³-hybridized carbons (Fsp3) is 0.714. The van der Waals surface area contributed by atoms with Crippen LogP contribution in [0.2, 0.25) is 0 Å². The van der Waals surface area contributed by atoms with Gasteiger partial charge >= 0.3 is 0 Å². The van der Waals surface area contributed by atoms with E-state index in [1.54, 1.807) is 12.3 Å². The Kier molecular flexibility index (Phi) is 4.09. The number of aryl methyl sites for hydroxylation is 1. The Labute approximate surface area is 126 Å². The van der Waals surface area contributed by atoms with Crippen LogP contribution in [-0.2, 0) is 23.6 Å². The molecular formula is C14H24N4O2S. The summed E-state index contributed by atoms with van der Waals surface area (Å²) in [6.07, 6.45) is 5.03. The highest BCUT2D eigenvalue weighted by atomic mass is 32.2. The lowest BCUT2D eigenvalue weighted by atomic mass is 10.3. The lowest BCUT2D eigenvalue weighted by Gasteiger charge is -2.12. The smallest absolute Gasteiger partial charge is 0.242 e. The second-order valence-corrected chi connectivity index (χ2v) is 8.02. The van der Waals surface area contributed by atoms with Crippen LogP contribution in [-0.4, -0.2) is 50.1 Å². The third kappa shape index (κ3) is 3.66. The summed E-state index contributed by atoms with van der Waals surface area (Å²) in [6, 6.07) is 2.41. The molecule has 0 amide bonds. The van der Waals surface area contributed by atoms with Gasteiger partial charge < -0.3 is 14.8 Å². The molecule has 7 heteroatoms. The van der Waals surface area contributed by atoms with Crippen LogP contribution in [0.4, 0.5) is 0 Å². The Morgan fingerprint density at radius 1 is 1.24 bits per heavy atom. The van der Waals surface area contributed by atoms with Crippen LogP contribution >= 0.6 is 0 Å². The summed E-state index contributed by atoms with van der Waals surface area (Å²) < 4.78 is 29.6. The number of likely N-dealkylation sites (N-methyl/N-ethyl adjacent to an activating group) is 1. The van der Waals surface area contributed by atoms with E-state index in [0.717, 1.165) is 31.7 Å². The van der Waals surface area contributed by atoms with Crippen molar-refractivity contribution in [2.24, 2.45) is 7.05 Å². The number of rotatable bonds is 6. The zero-order valence-corrected chi connectivity index (χ0v) is 13.5. The van der Waals surface area contributed by atoms with E-state index < -0.39 is 10.0 Å². The molecule has 3 rings (SSSR count). The summed E-state index contributed by atoms with van der Waals surface area (Å²) >= 11 is 0. The molecule has 1 saturated carbocycles. The molecule has 1 atom stereocenters. The van der Waals surface area contributed by atoms with Gasteiger partial charge in [-0.1, -0.05) is 0 Å². The van der Waals surface area contributed by atoms with Gasteiger partial charge in [-0.3, -0.25) is 0 Å². The zero-order chi connectivity index (χ0) is 15.0. The molecule has 1 aromatic heterocycles. The number of aromatic nitrogens is 1. The molecule has 1 aliphatic carbocycles. The molecule has 1 aliphatic heterocycles. The normalized spacial score (nSPS) is 23.8. The molecule has 1 aromatic rings. The Bertz CT molecular complexity index is 606. The molecule has 0 spiro atoms. The number of hydrogen-bond donors (Lipinski definition) is 2. The Morgan fingerprint density at radius 2 is 2.00 bits per heavy atom. The van der Waals surface area contributed by atoms with Gasteiger partial charge in [0, 0.05) is 44.1 Å². The SMILES string of the molecule is CN1CCC(NS(=O)(=O)c2cc(CNC3CC3)n(C)c2)C1. The summed E-state index contributed by atoms with van der Waals surface area (Å²) in [6.45, 7) is 2.45. The van der Waals surface area contributed by atoms with Gasteiger partial charge in [-0.05, 0) is 38.9 Å². The highest BCUT2D eigenvalue weighted by molar-refractivity contribution is 7.89. The van der Waals surface area contributed by atoms with Crippen LogP contribution in [0.5, 0.6) is 0 Å². The van der Waals surface area contributed by atoms with Gasteiger partial charge in [0.2, 0.25) is 10.0 Å². The Balaban J connectivity index is 1.67. The molecule has 1 saturated heterocycles. The number of nitrogens with zero attached hydrogens (tertiary/aromatic N) is 2. The van der Waals surface area contributed by atoms with Gasteiger partial charge in [0.05, 0.1) is 4.90 Å². The first-order chi connectivity index (χ1) is 9.94. The number of likely N-dealkylation sites (tertiary alicyclic amines) is 1. The number of nitrogens with one attached hydrogen (secondary N) is 2. The molecule has 2 fully saturated rings. The standard InChI is InChI=1S/C14H24N4O2S/c1-17-6-5-12(9-17)16-21(19,20)14-7-13(18(2)10-14)8-15-11-3-4-11/h7,10-12,15-16H,3-6,8-9H2,1-2H3. The second-order valence-electron chi connectivity index (χ2n) is 6.30. The molecule has 1 unspecified atom stereocenters. The molecule has 0 aromatic carbocycles. The molecule has 2 aliphatic rings. The van der Waals surface area contributed by atoms with E-state index in [1.807, 2.05) is 18.7 Å². The highest BCUT2D eigenvalue weighted by Gasteiger charge is 2.27. The van der Waals surface area contributed by atoms with Gasteiger partial charge in [-0.25, -0.2) is 13.1 Å². The zero-order valence-electron chi connectivity index (χ0n) is 12.7. The summed E-state index contributed by atoms with van der Waals surface area (Å²) in [5.41, 5.74) is 1.01. The van der Waals surface area contributed by atoms with E-state index in [0.29, 0.717) is 10.9 Å². The first kappa shape index (κ1) is 15.0. The van der Waals surface area contributed by atoms with Crippen LogP contribution in [0.15, 0.2) is 17.2 Å². The maximum Gasteiger partial charge on any atom is 0.242 e. The fourth-order valence-electron chi connectivity index (χ4n) is 2.75. The van der Waals surface area contributed by atoms with Crippen molar-refractivity contribution in [1.82, 2.24) is 19.5 Å². The molecule has 2 N–H and O–H groups in total. The largest absolute Gasteiger partial charge is 0.352 e. The highest BCUT2D eigenvalue weighted by Crippen LogP contribution is 2.20. The summed E-state index contributed by atoms with van der Waals surface area (Å²) in [5.74, 6) is 0. The quantitative estimate of drug-likeness (QED) is 0.791. The van der Waals surface area contributed by atoms with Crippen molar-refractivity contribution in [3.05, 3.63) is 18.0 Å². The Hall–Kier alpha value is -0.890. The summed E-state index contributed by atoms with van der Waals surface area (Å²) in [7, 11) is 0.490. The van der Waals surface area contributed by atoms with E-state index in [2.05, 4.69) is 14.9 Å². The minimum atomic E-state index is -3.42. The van der Waals surface area contributed by atoms with E-state index in [-0.39, 0.29) is 6.04 Å². The first-order valence-electron chi connectivity index (χ1n) is 7.53. The van der Waals surface area contributed by atoms with Crippen molar-refractivity contribution in [2.45, 2.75) is 42.8 Å². The van der Waals surface area contributed by atoms with Gasteiger partial charge in [0.1, 0.15) is 0 Å². The van der Waals surface area contributed by atoms with Crippen molar-refractivity contribution in [3.63, 3.8) is 0 Å². The molecule has 0 radical (unpaired) electrons. The van der Waals surface area contributed by atoms with Crippen LogP contribution in [0, 0.1) is 0 Å². The van der Waals surface area contributed by atoms with Crippen LogP contribution < -0.4 is 10.0 Å². The van der Waals surface area contributed by atoms with Crippen molar-refractivity contribution in [1.29, 1.82) is 0 Å². The maximum atomic E-state index is 12.4. The molecule has 0 bridgehead atoms. The minimum Gasteiger partial charge on any atom is -0.352 e. The summed E-state index contributed by atoms with van der Waals surface area (Å²) in [5, 5.41) is 3.41. The lowest BCUT2D eigenvalue weighted by molar-refractivity contribution is 0.407. The van der Waals surface area contributed by atoms with Gasteiger partial charge in [0.15, 0.2) is 0 Å². The third-order valence-corrected chi connectivity index (χ3v) is 5.74. The molecule has 6 nitrogen and oxygen atoms in total. The van der Waals surface area contributed by atoms with Crippen LogP contribution in [0.3, 0.4) is 0 Å². The maximum absolute atomic E-state index is 12.4. The predicted molar refractivity (Wildman–Crippen MR) is 81.5 cm³/mol. The van der Waals surface area contributed by atoms with Crippen molar-refractivity contribution < 1.29 is 8.42 Å². The fourth-order valence-corrected chi connectivity index (χ4v) is 4.11. The van der Waals surface area contributed by atoms with Crippen LogP contribution in [0.25, 0.3) is 0 Å². The first-order valence-corrected chi connectivity index (χ1v) is 9.02. The van der Waals surface area contributed by atoms with E-state index in [1.165, 1.54) is 12.8 Å². The van der Waals surface area contributed by atoms with Gasteiger partial charge in [-0.2, -0.15) is 0 Å². The summed E-state index contributed by atoms with van der Waals surface area (Å²) in [4.78, 5) is 2.51. The average molecular weight is 312 g/mol. The monoisotopic (exact) mass is 312 g/mol. The number of hydrogen-bond acceptors (Lipinski definition) is 4. The molecule has 118 valence electrons. The third-order valence-electron chi connectivity index (χ3n) is 4.26. The minimum absolute atomic E-state index is 0.0215. The van der Waals surface area contributed by atoms with E-state index >= 15 is 0 Å². The molecule has 2 heterocycles. The van der Waals surface area contributed by atoms with E-state index in [4.69, 9.17) is 0 Å². The average Bonchev–Trinajstić information content (AvgIpc) is 3.04.